The van der Waals surface area contributed by atoms with E-state index in [-0.39, 0.29) is 11.6 Å². The lowest BCUT2D eigenvalue weighted by Crippen LogP contribution is -2.36. The second kappa shape index (κ2) is 6.10. The molecule has 0 aromatic heterocycles. The van der Waals surface area contributed by atoms with Gasteiger partial charge < -0.3 is 14.8 Å². The van der Waals surface area contributed by atoms with E-state index in [2.05, 4.69) is 58.1 Å². The predicted molar refractivity (Wildman–Crippen MR) is 88.2 cm³/mol. The lowest BCUT2D eigenvalue weighted by atomic mass is 10.0. The number of rotatable bonds is 4. The zero-order valence-corrected chi connectivity index (χ0v) is 14.0. The highest BCUT2D eigenvalue weighted by atomic mass is 16.5. The minimum Gasteiger partial charge on any atom is -0.496 e. The van der Waals surface area contributed by atoms with E-state index in [1.807, 2.05) is 0 Å². The molecule has 0 saturated carbocycles. The Morgan fingerprint density at radius 3 is 2.76 bits per heavy atom. The average Bonchev–Trinajstić information content (AvgIpc) is 2.73. The molecule has 1 aliphatic rings. The van der Waals surface area contributed by atoms with Gasteiger partial charge in [-0.3, -0.25) is 0 Å². The maximum atomic E-state index is 5.84. The van der Waals surface area contributed by atoms with E-state index in [0.29, 0.717) is 0 Å². The summed E-state index contributed by atoms with van der Waals surface area (Å²) in [7, 11) is 1.72. The standard InChI is InChI=1S/C18H27NO2/c1-12(11-19-18(3,4)5)7-14-10-17-15(8-13(2)21-17)9-16(14)20-6/h7,9-10,13,19H,8,11H2,1-6H3/b12-7-. The van der Waals surface area contributed by atoms with Crippen LogP contribution in [0.25, 0.3) is 6.08 Å². The molecule has 0 saturated heterocycles. The first kappa shape index (κ1) is 15.9. The summed E-state index contributed by atoms with van der Waals surface area (Å²) in [5.74, 6) is 1.91. The van der Waals surface area contributed by atoms with Gasteiger partial charge in [-0.1, -0.05) is 11.6 Å². The Morgan fingerprint density at radius 1 is 1.43 bits per heavy atom. The largest absolute Gasteiger partial charge is 0.496 e. The van der Waals surface area contributed by atoms with Gasteiger partial charge in [0.1, 0.15) is 17.6 Å². The molecular weight excluding hydrogens is 262 g/mol. The van der Waals surface area contributed by atoms with Crippen LogP contribution in [0.1, 0.15) is 45.7 Å². The summed E-state index contributed by atoms with van der Waals surface area (Å²) < 4.78 is 11.4. The Morgan fingerprint density at radius 2 is 2.14 bits per heavy atom. The highest BCUT2D eigenvalue weighted by molar-refractivity contribution is 5.64. The number of methoxy groups -OCH3 is 1. The van der Waals surface area contributed by atoms with Gasteiger partial charge in [-0.15, -0.1) is 0 Å². The highest BCUT2D eigenvalue weighted by Gasteiger charge is 2.21. The Bertz CT molecular complexity index is 541. The molecule has 0 amide bonds. The van der Waals surface area contributed by atoms with Crippen molar-refractivity contribution in [1.29, 1.82) is 0 Å². The number of nitrogens with one attached hydrogen (secondary N) is 1. The summed E-state index contributed by atoms with van der Waals surface area (Å²) in [5, 5.41) is 3.50. The van der Waals surface area contributed by atoms with Gasteiger partial charge in [-0.2, -0.15) is 0 Å². The molecule has 1 unspecified atom stereocenters. The van der Waals surface area contributed by atoms with Crippen LogP contribution in [0.3, 0.4) is 0 Å². The summed E-state index contributed by atoms with van der Waals surface area (Å²) in [6.45, 7) is 11.6. The number of fused-ring (bicyclic) bond motifs is 1. The zero-order valence-electron chi connectivity index (χ0n) is 14.0. The van der Waals surface area contributed by atoms with Gasteiger partial charge in [0.05, 0.1) is 7.11 Å². The van der Waals surface area contributed by atoms with Crippen molar-refractivity contribution in [3.8, 4) is 11.5 Å². The predicted octanol–water partition coefficient (Wildman–Crippen LogP) is 3.81. The molecule has 3 nitrogen and oxygen atoms in total. The first-order chi connectivity index (χ1) is 9.78. The fourth-order valence-electron chi connectivity index (χ4n) is 2.47. The van der Waals surface area contributed by atoms with Gasteiger partial charge in [0.2, 0.25) is 0 Å². The van der Waals surface area contributed by atoms with E-state index in [4.69, 9.17) is 9.47 Å². The van der Waals surface area contributed by atoms with Gasteiger partial charge in [0.25, 0.3) is 0 Å². The summed E-state index contributed by atoms with van der Waals surface area (Å²) in [5.41, 5.74) is 3.71. The van der Waals surface area contributed by atoms with Crippen LogP contribution in [-0.2, 0) is 6.42 Å². The van der Waals surface area contributed by atoms with E-state index in [0.717, 1.165) is 30.0 Å². The maximum absolute atomic E-state index is 5.84. The van der Waals surface area contributed by atoms with Gasteiger partial charge in [-0.05, 0) is 46.8 Å². The molecule has 0 aliphatic carbocycles. The van der Waals surface area contributed by atoms with Gasteiger partial charge in [0, 0.05) is 29.6 Å². The van der Waals surface area contributed by atoms with Crippen molar-refractivity contribution >= 4 is 6.08 Å². The van der Waals surface area contributed by atoms with Crippen LogP contribution in [-0.4, -0.2) is 25.3 Å². The molecule has 1 N–H and O–H groups in total. The SMILES string of the molecule is COc1cc2c(cc1/C=C(/C)CNC(C)(C)C)OC(C)C2. The molecule has 1 atom stereocenters. The van der Waals surface area contributed by atoms with Crippen molar-refractivity contribution in [3.63, 3.8) is 0 Å². The average molecular weight is 289 g/mol. The van der Waals surface area contributed by atoms with Crippen LogP contribution in [0.2, 0.25) is 0 Å². The molecule has 0 spiro atoms. The van der Waals surface area contributed by atoms with E-state index >= 15 is 0 Å². The summed E-state index contributed by atoms with van der Waals surface area (Å²) in [6.07, 6.45) is 3.39. The monoisotopic (exact) mass is 289 g/mol. The lowest BCUT2D eigenvalue weighted by Gasteiger charge is -2.20. The minimum absolute atomic E-state index is 0.121. The van der Waals surface area contributed by atoms with Crippen molar-refractivity contribution in [2.24, 2.45) is 0 Å². The third kappa shape index (κ3) is 4.24. The van der Waals surface area contributed by atoms with E-state index in [9.17, 15) is 0 Å². The maximum Gasteiger partial charge on any atom is 0.126 e. The van der Waals surface area contributed by atoms with Crippen LogP contribution in [0.15, 0.2) is 17.7 Å². The van der Waals surface area contributed by atoms with Crippen molar-refractivity contribution in [3.05, 3.63) is 28.8 Å². The number of ether oxygens (including phenoxy) is 2. The molecule has 2 rings (SSSR count). The summed E-state index contributed by atoms with van der Waals surface area (Å²) in [6, 6.07) is 4.20. The molecule has 116 valence electrons. The summed E-state index contributed by atoms with van der Waals surface area (Å²) in [4.78, 5) is 0. The van der Waals surface area contributed by atoms with Crippen LogP contribution < -0.4 is 14.8 Å². The quantitative estimate of drug-likeness (QED) is 0.914. The molecule has 1 aromatic rings. The van der Waals surface area contributed by atoms with E-state index < -0.39 is 0 Å². The van der Waals surface area contributed by atoms with Crippen molar-refractivity contribution < 1.29 is 9.47 Å². The first-order valence-electron chi connectivity index (χ1n) is 7.58. The highest BCUT2D eigenvalue weighted by Crippen LogP contribution is 2.35. The summed E-state index contributed by atoms with van der Waals surface area (Å²) >= 11 is 0. The second-order valence-corrected chi connectivity index (χ2v) is 6.93. The third-order valence-corrected chi connectivity index (χ3v) is 3.55. The van der Waals surface area contributed by atoms with Crippen molar-refractivity contribution in [2.45, 2.75) is 52.7 Å². The Labute approximate surface area is 128 Å². The number of hydrogen-bond donors (Lipinski definition) is 1. The normalized spacial score (nSPS) is 18.4. The first-order valence-corrected chi connectivity index (χ1v) is 7.58. The van der Waals surface area contributed by atoms with Gasteiger partial charge in [-0.25, -0.2) is 0 Å². The third-order valence-electron chi connectivity index (χ3n) is 3.55. The Balaban J connectivity index is 2.21. The minimum atomic E-state index is 0.121. The smallest absolute Gasteiger partial charge is 0.126 e. The van der Waals surface area contributed by atoms with Gasteiger partial charge >= 0.3 is 0 Å². The molecule has 3 heteroatoms. The topological polar surface area (TPSA) is 30.5 Å². The molecule has 0 bridgehead atoms. The van der Waals surface area contributed by atoms with Crippen molar-refractivity contribution in [1.82, 2.24) is 5.32 Å². The molecule has 0 fully saturated rings. The second-order valence-electron chi connectivity index (χ2n) is 6.93. The van der Waals surface area contributed by atoms with Crippen LogP contribution in [0.5, 0.6) is 11.5 Å². The Kier molecular flexibility index (Phi) is 4.62. The van der Waals surface area contributed by atoms with Gasteiger partial charge in [0.15, 0.2) is 0 Å². The van der Waals surface area contributed by atoms with Crippen molar-refractivity contribution in [2.75, 3.05) is 13.7 Å². The van der Waals surface area contributed by atoms with E-state index in [1.54, 1.807) is 7.11 Å². The molecule has 0 radical (unpaired) electrons. The lowest BCUT2D eigenvalue weighted by molar-refractivity contribution is 0.254. The molecule has 1 heterocycles. The molecular formula is C18H27NO2. The molecule has 1 aliphatic heterocycles. The fraction of sp³-hybridized carbons (Fsp3) is 0.556. The number of benzene rings is 1. The fourth-order valence-corrected chi connectivity index (χ4v) is 2.47. The van der Waals surface area contributed by atoms with Crippen LogP contribution in [0, 0.1) is 0 Å². The molecule has 21 heavy (non-hydrogen) atoms. The van der Waals surface area contributed by atoms with Crippen LogP contribution in [0.4, 0.5) is 0 Å². The van der Waals surface area contributed by atoms with E-state index in [1.165, 1.54) is 11.1 Å². The number of hydrogen-bond acceptors (Lipinski definition) is 3. The Hall–Kier alpha value is -1.48. The van der Waals surface area contributed by atoms with Crippen LogP contribution >= 0.6 is 0 Å². The zero-order chi connectivity index (χ0) is 15.6. The molecule has 1 aromatic carbocycles.